The SMILES string of the molecule is CC1CCCC1N(CC1CCCNC1)C(C)C. The van der Waals surface area contributed by atoms with Gasteiger partial charge in [0, 0.05) is 18.6 Å². The number of hydrogen-bond donors (Lipinski definition) is 1. The summed E-state index contributed by atoms with van der Waals surface area (Å²) in [5.41, 5.74) is 0. The second kappa shape index (κ2) is 6.19. The van der Waals surface area contributed by atoms with E-state index in [-0.39, 0.29) is 0 Å². The van der Waals surface area contributed by atoms with Crippen LogP contribution in [-0.4, -0.2) is 36.6 Å². The van der Waals surface area contributed by atoms with Crippen molar-refractivity contribution < 1.29 is 0 Å². The summed E-state index contributed by atoms with van der Waals surface area (Å²) in [6.07, 6.45) is 7.11. The molecule has 0 aromatic carbocycles. The Kier molecular flexibility index (Phi) is 4.87. The van der Waals surface area contributed by atoms with Crippen LogP contribution in [0, 0.1) is 11.8 Å². The van der Waals surface area contributed by atoms with Crippen molar-refractivity contribution >= 4 is 0 Å². The molecular formula is C15H30N2. The lowest BCUT2D eigenvalue weighted by Gasteiger charge is -2.38. The van der Waals surface area contributed by atoms with Crippen LogP contribution in [0.3, 0.4) is 0 Å². The van der Waals surface area contributed by atoms with E-state index >= 15 is 0 Å². The van der Waals surface area contributed by atoms with Crippen LogP contribution < -0.4 is 5.32 Å². The van der Waals surface area contributed by atoms with Crippen LogP contribution in [0.4, 0.5) is 0 Å². The molecule has 0 amide bonds. The van der Waals surface area contributed by atoms with E-state index < -0.39 is 0 Å². The fourth-order valence-electron chi connectivity index (χ4n) is 3.73. The van der Waals surface area contributed by atoms with Gasteiger partial charge in [-0.2, -0.15) is 0 Å². The highest BCUT2D eigenvalue weighted by atomic mass is 15.2. The van der Waals surface area contributed by atoms with Crippen molar-refractivity contribution in [3.05, 3.63) is 0 Å². The second-order valence-electron chi connectivity index (χ2n) is 6.48. The van der Waals surface area contributed by atoms with E-state index in [0.29, 0.717) is 6.04 Å². The Morgan fingerprint density at radius 1 is 1.18 bits per heavy atom. The number of nitrogens with zero attached hydrogens (tertiary/aromatic N) is 1. The van der Waals surface area contributed by atoms with Crippen LogP contribution in [0.2, 0.25) is 0 Å². The van der Waals surface area contributed by atoms with E-state index in [1.807, 2.05) is 0 Å². The molecule has 0 aromatic heterocycles. The highest BCUT2D eigenvalue weighted by Gasteiger charge is 2.31. The third-order valence-corrected chi connectivity index (χ3v) is 4.77. The van der Waals surface area contributed by atoms with Gasteiger partial charge in [-0.05, 0) is 64.5 Å². The zero-order valence-corrected chi connectivity index (χ0v) is 11.9. The molecule has 1 heterocycles. The second-order valence-corrected chi connectivity index (χ2v) is 6.48. The fourth-order valence-corrected chi connectivity index (χ4v) is 3.73. The van der Waals surface area contributed by atoms with Crippen molar-refractivity contribution in [2.75, 3.05) is 19.6 Å². The van der Waals surface area contributed by atoms with Crippen molar-refractivity contribution in [2.45, 2.75) is 65.0 Å². The lowest BCUT2D eigenvalue weighted by molar-refractivity contribution is 0.0984. The van der Waals surface area contributed by atoms with Crippen LogP contribution in [0.5, 0.6) is 0 Å². The minimum atomic E-state index is 0.711. The van der Waals surface area contributed by atoms with Crippen molar-refractivity contribution in [3.63, 3.8) is 0 Å². The maximum absolute atomic E-state index is 3.55. The first-order chi connectivity index (χ1) is 8.18. The minimum Gasteiger partial charge on any atom is -0.316 e. The number of nitrogens with one attached hydrogen (secondary N) is 1. The lowest BCUT2D eigenvalue weighted by Crippen LogP contribution is -2.47. The molecule has 0 aromatic rings. The van der Waals surface area contributed by atoms with Crippen LogP contribution in [0.1, 0.15) is 52.9 Å². The Hall–Kier alpha value is -0.0800. The summed E-state index contributed by atoms with van der Waals surface area (Å²) >= 11 is 0. The molecule has 2 rings (SSSR count). The number of rotatable bonds is 4. The molecule has 100 valence electrons. The third-order valence-electron chi connectivity index (χ3n) is 4.77. The van der Waals surface area contributed by atoms with E-state index in [2.05, 4.69) is 31.0 Å². The van der Waals surface area contributed by atoms with E-state index in [4.69, 9.17) is 0 Å². The van der Waals surface area contributed by atoms with Crippen molar-refractivity contribution in [2.24, 2.45) is 11.8 Å². The molecule has 2 aliphatic rings. The largest absolute Gasteiger partial charge is 0.316 e. The molecule has 1 aliphatic carbocycles. The molecule has 3 atom stereocenters. The van der Waals surface area contributed by atoms with Gasteiger partial charge in [-0.15, -0.1) is 0 Å². The number of hydrogen-bond acceptors (Lipinski definition) is 2. The zero-order chi connectivity index (χ0) is 12.3. The first-order valence-electron chi connectivity index (χ1n) is 7.65. The van der Waals surface area contributed by atoms with Crippen molar-refractivity contribution in [3.8, 4) is 0 Å². The van der Waals surface area contributed by atoms with E-state index in [1.54, 1.807) is 0 Å². The van der Waals surface area contributed by atoms with Gasteiger partial charge in [-0.3, -0.25) is 4.90 Å². The fraction of sp³-hybridized carbons (Fsp3) is 1.00. The Balaban J connectivity index is 1.91. The summed E-state index contributed by atoms with van der Waals surface area (Å²) < 4.78 is 0. The molecule has 2 nitrogen and oxygen atoms in total. The van der Waals surface area contributed by atoms with Crippen LogP contribution in [0.25, 0.3) is 0 Å². The maximum Gasteiger partial charge on any atom is 0.0124 e. The Labute approximate surface area is 107 Å². The summed E-state index contributed by atoms with van der Waals surface area (Å²) in [7, 11) is 0. The normalized spacial score (nSPS) is 34.8. The molecule has 0 spiro atoms. The highest BCUT2D eigenvalue weighted by Crippen LogP contribution is 2.31. The molecule has 0 bridgehead atoms. The monoisotopic (exact) mass is 238 g/mol. The van der Waals surface area contributed by atoms with Crippen molar-refractivity contribution in [1.29, 1.82) is 0 Å². The summed E-state index contributed by atoms with van der Waals surface area (Å²) in [6.45, 7) is 11.0. The molecule has 1 saturated heterocycles. The highest BCUT2D eigenvalue weighted by molar-refractivity contribution is 4.86. The molecule has 2 heteroatoms. The lowest BCUT2D eigenvalue weighted by atomic mass is 9.95. The topological polar surface area (TPSA) is 15.3 Å². The van der Waals surface area contributed by atoms with Crippen LogP contribution in [-0.2, 0) is 0 Å². The van der Waals surface area contributed by atoms with Crippen molar-refractivity contribution in [1.82, 2.24) is 10.2 Å². The average molecular weight is 238 g/mol. The van der Waals surface area contributed by atoms with E-state index in [1.165, 1.54) is 51.7 Å². The van der Waals surface area contributed by atoms with Crippen LogP contribution in [0.15, 0.2) is 0 Å². The van der Waals surface area contributed by atoms with Gasteiger partial charge in [0.05, 0.1) is 0 Å². The molecular weight excluding hydrogens is 208 g/mol. The molecule has 3 unspecified atom stereocenters. The summed E-state index contributed by atoms with van der Waals surface area (Å²) in [4.78, 5) is 2.80. The Morgan fingerprint density at radius 3 is 2.53 bits per heavy atom. The van der Waals surface area contributed by atoms with Gasteiger partial charge in [0.25, 0.3) is 0 Å². The predicted molar refractivity (Wildman–Crippen MR) is 74.2 cm³/mol. The van der Waals surface area contributed by atoms with Gasteiger partial charge in [-0.1, -0.05) is 13.3 Å². The predicted octanol–water partition coefficient (Wildman–Crippen LogP) is 2.89. The molecule has 17 heavy (non-hydrogen) atoms. The first kappa shape index (κ1) is 13.4. The maximum atomic E-state index is 3.55. The van der Waals surface area contributed by atoms with Gasteiger partial charge in [-0.25, -0.2) is 0 Å². The molecule has 2 fully saturated rings. The van der Waals surface area contributed by atoms with Gasteiger partial charge in [0.1, 0.15) is 0 Å². The average Bonchev–Trinajstić information content (AvgIpc) is 2.73. The molecule has 1 saturated carbocycles. The summed E-state index contributed by atoms with van der Waals surface area (Å²) in [6, 6.07) is 1.57. The quantitative estimate of drug-likeness (QED) is 0.810. The smallest absolute Gasteiger partial charge is 0.0124 e. The number of piperidine rings is 1. The van der Waals surface area contributed by atoms with Gasteiger partial charge < -0.3 is 5.32 Å². The van der Waals surface area contributed by atoms with Crippen LogP contribution >= 0.6 is 0 Å². The minimum absolute atomic E-state index is 0.711. The van der Waals surface area contributed by atoms with Gasteiger partial charge >= 0.3 is 0 Å². The molecule has 0 radical (unpaired) electrons. The standard InChI is InChI=1S/C15H30N2/c1-12(2)17(15-8-4-6-13(15)3)11-14-7-5-9-16-10-14/h12-16H,4-11H2,1-3H3. The first-order valence-corrected chi connectivity index (χ1v) is 7.65. The van der Waals surface area contributed by atoms with Gasteiger partial charge in [0.15, 0.2) is 0 Å². The molecule has 1 aliphatic heterocycles. The summed E-state index contributed by atoms with van der Waals surface area (Å²) in [5, 5.41) is 3.55. The Bertz CT molecular complexity index is 221. The third kappa shape index (κ3) is 3.45. The zero-order valence-electron chi connectivity index (χ0n) is 11.9. The van der Waals surface area contributed by atoms with E-state index in [0.717, 1.165) is 17.9 Å². The van der Waals surface area contributed by atoms with E-state index in [9.17, 15) is 0 Å². The molecule has 1 N–H and O–H groups in total. The summed E-state index contributed by atoms with van der Waals surface area (Å²) in [5.74, 6) is 1.80. The van der Waals surface area contributed by atoms with Gasteiger partial charge in [0.2, 0.25) is 0 Å². The Morgan fingerprint density at radius 2 is 2.00 bits per heavy atom.